The molecule has 146 valence electrons. The Hall–Kier alpha value is -3.44. The van der Waals surface area contributed by atoms with Gasteiger partial charge in [0.15, 0.2) is 5.17 Å². The standard InChI is InChI=1S/C18H12N4O5S2/c1-26-11-4-2-10(3-5-11)13-9-28-17(19-13)21-18-20-16(23)14(29-18)8-12-6-7-15(27-12)22(24)25/h2-9H,1H3,(H,19,20,21,23)/b14-8-. The number of ether oxygens (including phenoxy) is 1. The highest BCUT2D eigenvalue weighted by Crippen LogP contribution is 2.32. The molecule has 0 spiro atoms. The molecule has 0 bridgehead atoms. The predicted molar refractivity (Wildman–Crippen MR) is 110 cm³/mol. The summed E-state index contributed by atoms with van der Waals surface area (Å²) in [5.41, 5.74) is 1.70. The van der Waals surface area contributed by atoms with Crippen molar-refractivity contribution in [1.82, 2.24) is 10.3 Å². The molecule has 3 aromatic rings. The molecule has 1 amide bonds. The second-order valence-electron chi connectivity index (χ2n) is 5.66. The van der Waals surface area contributed by atoms with Crippen LogP contribution in [0.2, 0.25) is 0 Å². The van der Waals surface area contributed by atoms with Crippen LogP contribution in [-0.2, 0) is 4.79 Å². The Labute approximate surface area is 172 Å². The fourth-order valence-corrected chi connectivity index (χ4v) is 3.99. The van der Waals surface area contributed by atoms with Crippen molar-refractivity contribution in [2.45, 2.75) is 0 Å². The van der Waals surface area contributed by atoms with E-state index in [1.165, 1.54) is 29.5 Å². The minimum Gasteiger partial charge on any atom is -0.497 e. The zero-order valence-electron chi connectivity index (χ0n) is 14.8. The second-order valence-corrected chi connectivity index (χ2v) is 7.53. The molecule has 4 rings (SSSR count). The number of rotatable bonds is 5. The van der Waals surface area contributed by atoms with Crippen molar-refractivity contribution in [2.24, 2.45) is 4.99 Å². The third-order valence-electron chi connectivity index (χ3n) is 3.79. The Bertz CT molecular complexity index is 1150. The molecule has 0 unspecified atom stereocenters. The Balaban J connectivity index is 1.50. The van der Waals surface area contributed by atoms with Gasteiger partial charge < -0.3 is 14.5 Å². The summed E-state index contributed by atoms with van der Waals surface area (Å²) in [5, 5.41) is 16.1. The van der Waals surface area contributed by atoms with Gasteiger partial charge in [-0.05, 0) is 42.1 Å². The van der Waals surface area contributed by atoms with Crippen molar-refractivity contribution in [1.29, 1.82) is 0 Å². The first kappa shape index (κ1) is 18.9. The van der Waals surface area contributed by atoms with Crippen molar-refractivity contribution in [3.8, 4) is 17.0 Å². The smallest absolute Gasteiger partial charge is 0.433 e. The van der Waals surface area contributed by atoms with Gasteiger partial charge in [0, 0.05) is 17.0 Å². The molecule has 1 fully saturated rings. The minimum absolute atomic E-state index is 0.214. The number of thiazole rings is 1. The zero-order valence-corrected chi connectivity index (χ0v) is 16.5. The number of nitrogens with one attached hydrogen (secondary N) is 1. The molecule has 29 heavy (non-hydrogen) atoms. The molecule has 0 radical (unpaired) electrons. The number of hydrogen-bond donors (Lipinski definition) is 1. The number of carbonyl (C=O) groups is 1. The summed E-state index contributed by atoms with van der Waals surface area (Å²) in [7, 11) is 1.61. The number of amidine groups is 1. The fraction of sp³-hybridized carbons (Fsp3) is 0.0556. The van der Waals surface area contributed by atoms with Crippen LogP contribution in [0.5, 0.6) is 5.75 Å². The molecule has 0 saturated carbocycles. The van der Waals surface area contributed by atoms with Gasteiger partial charge in [-0.1, -0.05) is 0 Å². The molecule has 0 atom stereocenters. The summed E-state index contributed by atoms with van der Waals surface area (Å²) in [4.78, 5) is 31.3. The van der Waals surface area contributed by atoms with Gasteiger partial charge in [0.1, 0.15) is 16.4 Å². The van der Waals surface area contributed by atoms with E-state index in [1.807, 2.05) is 29.6 Å². The van der Waals surface area contributed by atoms with Crippen molar-refractivity contribution in [2.75, 3.05) is 7.11 Å². The number of aliphatic imine (C=N–C) groups is 1. The molecule has 2 aromatic heterocycles. The number of thioether (sulfide) groups is 1. The maximum atomic E-state index is 12.1. The number of amides is 1. The summed E-state index contributed by atoms with van der Waals surface area (Å²) in [6.07, 6.45) is 1.43. The van der Waals surface area contributed by atoms with Crippen LogP contribution in [0.25, 0.3) is 17.3 Å². The van der Waals surface area contributed by atoms with Gasteiger partial charge in [-0.3, -0.25) is 14.9 Å². The van der Waals surface area contributed by atoms with Gasteiger partial charge in [0.25, 0.3) is 5.91 Å². The molecule has 1 aliphatic rings. The zero-order chi connectivity index (χ0) is 20.4. The summed E-state index contributed by atoms with van der Waals surface area (Å²) < 4.78 is 10.2. The fourth-order valence-electron chi connectivity index (χ4n) is 2.42. The Morgan fingerprint density at radius 1 is 1.28 bits per heavy atom. The van der Waals surface area contributed by atoms with E-state index >= 15 is 0 Å². The highest BCUT2D eigenvalue weighted by atomic mass is 32.2. The lowest BCUT2D eigenvalue weighted by Gasteiger charge is -2.00. The van der Waals surface area contributed by atoms with E-state index in [-0.39, 0.29) is 17.6 Å². The number of benzene rings is 1. The average Bonchev–Trinajstić information content (AvgIpc) is 3.44. The van der Waals surface area contributed by atoms with Gasteiger partial charge in [-0.25, -0.2) is 4.98 Å². The van der Waals surface area contributed by atoms with Crippen LogP contribution in [0.1, 0.15) is 5.76 Å². The maximum absolute atomic E-state index is 12.1. The van der Waals surface area contributed by atoms with Crippen molar-refractivity contribution in [3.05, 3.63) is 62.6 Å². The van der Waals surface area contributed by atoms with E-state index in [9.17, 15) is 14.9 Å². The van der Waals surface area contributed by atoms with Crippen LogP contribution in [0.4, 0.5) is 11.0 Å². The number of hydrogen-bond acceptors (Lipinski definition) is 9. The van der Waals surface area contributed by atoms with E-state index in [2.05, 4.69) is 15.3 Å². The SMILES string of the molecule is COc1ccc(-c2csc(N=C3NC(=O)/C(=C/c4ccc([N+](=O)[O-])o4)S3)n2)cc1. The summed E-state index contributed by atoms with van der Waals surface area (Å²) in [6.45, 7) is 0. The largest absolute Gasteiger partial charge is 0.497 e. The van der Waals surface area contributed by atoms with Gasteiger partial charge >= 0.3 is 5.88 Å². The lowest BCUT2D eigenvalue weighted by molar-refractivity contribution is -0.402. The van der Waals surface area contributed by atoms with E-state index < -0.39 is 4.92 Å². The minimum atomic E-state index is -0.639. The molecule has 1 saturated heterocycles. The molecule has 1 N–H and O–H groups in total. The number of methoxy groups -OCH3 is 1. The number of nitro groups is 1. The molecule has 0 aliphatic carbocycles. The van der Waals surface area contributed by atoms with Gasteiger partial charge in [0.2, 0.25) is 5.13 Å². The first-order chi connectivity index (χ1) is 14.0. The summed E-state index contributed by atoms with van der Waals surface area (Å²) >= 11 is 2.45. The topological polar surface area (TPSA) is 120 Å². The molecule has 11 heteroatoms. The highest BCUT2D eigenvalue weighted by Gasteiger charge is 2.25. The number of aromatic nitrogens is 1. The van der Waals surface area contributed by atoms with Crippen molar-refractivity contribution < 1.29 is 18.9 Å². The maximum Gasteiger partial charge on any atom is 0.433 e. The van der Waals surface area contributed by atoms with E-state index in [4.69, 9.17) is 9.15 Å². The Morgan fingerprint density at radius 3 is 2.76 bits per heavy atom. The van der Waals surface area contributed by atoms with Gasteiger partial charge in [0.05, 0.1) is 23.8 Å². The normalized spacial score (nSPS) is 16.4. The molecule has 1 aromatic carbocycles. The number of nitrogens with zero attached hydrogens (tertiary/aromatic N) is 3. The van der Waals surface area contributed by atoms with Crippen LogP contribution >= 0.6 is 23.1 Å². The molecular weight excluding hydrogens is 416 g/mol. The molecule has 9 nitrogen and oxygen atoms in total. The second kappa shape index (κ2) is 7.89. The molecule has 1 aliphatic heterocycles. The van der Waals surface area contributed by atoms with Crippen LogP contribution in [0.15, 0.2) is 56.1 Å². The number of furan rings is 1. The summed E-state index contributed by atoms with van der Waals surface area (Å²) in [5.74, 6) is 0.227. The Morgan fingerprint density at radius 2 is 2.07 bits per heavy atom. The summed E-state index contributed by atoms with van der Waals surface area (Å²) in [6, 6.07) is 10.2. The monoisotopic (exact) mass is 428 g/mol. The third-order valence-corrected chi connectivity index (χ3v) is 5.44. The van der Waals surface area contributed by atoms with Crippen LogP contribution in [-0.4, -0.2) is 28.1 Å². The Kier molecular flexibility index (Phi) is 5.14. The molecular formula is C18H12N4O5S2. The van der Waals surface area contributed by atoms with Gasteiger partial charge in [-0.2, -0.15) is 4.99 Å². The average molecular weight is 428 g/mol. The first-order valence-corrected chi connectivity index (χ1v) is 9.85. The van der Waals surface area contributed by atoms with Gasteiger partial charge in [-0.15, -0.1) is 11.3 Å². The predicted octanol–water partition coefficient (Wildman–Crippen LogP) is 4.21. The lowest BCUT2D eigenvalue weighted by atomic mass is 10.2. The van der Waals surface area contributed by atoms with E-state index in [0.717, 1.165) is 28.8 Å². The van der Waals surface area contributed by atoms with E-state index in [1.54, 1.807) is 7.11 Å². The third kappa shape index (κ3) is 4.20. The highest BCUT2D eigenvalue weighted by molar-refractivity contribution is 8.18. The van der Waals surface area contributed by atoms with Crippen molar-refractivity contribution in [3.63, 3.8) is 0 Å². The van der Waals surface area contributed by atoms with Crippen LogP contribution in [0.3, 0.4) is 0 Å². The molecule has 3 heterocycles. The van der Waals surface area contributed by atoms with E-state index in [0.29, 0.717) is 15.2 Å². The number of carbonyl (C=O) groups excluding carboxylic acids is 1. The van der Waals surface area contributed by atoms with Crippen LogP contribution in [0, 0.1) is 10.1 Å². The lowest BCUT2D eigenvalue weighted by Crippen LogP contribution is -2.19. The quantitative estimate of drug-likeness (QED) is 0.367. The first-order valence-electron chi connectivity index (χ1n) is 8.15. The van der Waals surface area contributed by atoms with Crippen LogP contribution < -0.4 is 10.1 Å². The van der Waals surface area contributed by atoms with Crippen molar-refractivity contribution >= 4 is 51.3 Å².